The molecule has 10 aromatic rings. The fourth-order valence-electron chi connectivity index (χ4n) is 10.0. The van der Waals surface area contributed by atoms with E-state index >= 15 is 0 Å². The summed E-state index contributed by atoms with van der Waals surface area (Å²) in [6, 6.07) is 79.8. The standard InChI is InChI=1S/C63H50N2/c1-43-23-39-61(57-21-13-11-19-53(43)57)64(49-15-7-5-8-16-49)51-34-32-48(33-35-51)47-30-27-45(28-31-47)25-26-46-29-37-55-56-38-36-52(42-60(56)63(3,4)59(55)41-46)65(50-17-9-6-10-18-50)62-40-24-44(2)54-20-12-14-22-58(54)62/h5-42H,1-4H3/b26-25+. The molecule has 0 spiro atoms. The summed E-state index contributed by atoms with van der Waals surface area (Å²) in [5, 5.41) is 5.04. The van der Waals surface area contributed by atoms with Crippen LogP contribution in [0.15, 0.2) is 218 Å². The minimum atomic E-state index is -0.175. The Hall–Kier alpha value is -7.94. The molecule has 0 radical (unpaired) electrons. The average Bonchev–Trinajstić information content (AvgIpc) is 3.58. The molecule has 0 unspecified atom stereocenters. The quantitative estimate of drug-likeness (QED) is 0.134. The molecule has 0 fully saturated rings. The number of hydrogen-bond donors (Lipinski definition) is 0. The highest BCUT2D eigenvalue weighted by atomic mass is 15.1. The van der Waals surface area contributed by atoms with E-state index in [-0.39, 0.29) is 5.41 Å². The van der Waals surface area contributed by atoms with Gasteiger partial charge in [0.2, 0.25) is 0 Å². The van der Waals surface area contributed by atoms with E-state index in [1.54, 1.807) is 0 Å². The van der Waals surface area contributed by atoms with Gasteiger partial charge in [-0.3, -0.25) is 0 Å². The number of anilines is 6. The van der Waals surface area contributed by atoms with Crippen molar-refractivity contribution in [3.63, 3.8) is 0 Å². The third-order valence-electron chi connectivity index (χ3n) is 13.5. The van der Waals surface area contributed by atoms with Gasteiger partial charge >= 0.3 is 0 Å². The number of hydrogen-bond acceptors (Lipinski definition) is 2. The molecule has 2 heteroatoms. The normalized spacial score (nSPS) is 12.7. The van der Waals surface area contributed by atoms with Gasteiger partial charge in [-0.15, -0.1) is 0 Å². The SMILES string of the molecule is Cc1ccc(N(c2ccccc2)c2ccc(-c3ccc(/C=C/c4ccc5c(c4)C(C)(C)c4cc(N(c6ccccc6)c6ccc(C)c7ccccc67)ccc4-5)cc3)cc2)c2ccccc12. The molecular weight excluding hydrogens is 785 g/mol. The molecule has 0 amide bonds. The smallest absolute Gasteiger partial charge is 0.0540 e. The monoisotopic (exact) mass is 834 g/mol. The van der Waals surface area contributed by atoms with Crippen LogP contribution in [0.25, 0.3) is 56.0 Å². The summed E-state index contributed by atoms with van der Waals surface area (Å²) in [5.74, 6) is 0. The number of para-hydroxylation sites is 2. The van der Waals surface area contributed by atoms with Gasteiger partial charge in [0, 0.05) is 38.9 Å². The molecule has 1 aliphatic rings. The molecule has 0 N–H and O–H groups in total. The molecule has 10 aromatic carbocycles. The van der Waals surface area contributed by atoms with Crippen LogP contribution < -0.4 is 9.80 Å². The Morgan fingerprint density at radius 1 is 0.338 bits per heavy atom. The zero-order valence-electron chi connectivity index (χ0n) is 37.3. The first-order chi connectivity index (χ1) is 31.8. The summed E-state index contributed by atoms with van der Waals surface area (Å²) in [7, 11) is 0. The van der Waals surface area contributed by atoms with Crippen molar-refractivity contribution in [2.45, 2.75) is 33.1 Å². The minimum absolute atomic E-state index is 0.175. The van der Waals surface area contributed by atoms with Crippen LogP contribution in [0.4, 0.5) is 34.1 Å². The first-order valence-corrected chi connectivity index (χ1v) is 22.7. The second-order valence-electron chi connectivity index (χ2n) is 17.9. The summed E-state index contributed by atoms with van der Waals surface area (Å²) in [6.07, 6.45) is 4.48. The van der Waals surface area contributed by atoms with Gasteiger partial charge in [0.1, 0.15) is 0 Å². The molecule has 0 saturated heterocycles. The highest BCUT2D eigenvalue weighted by molar-refractivity contribution is 6.02. The maximum Gasteiger partial charge on any atom is 0.0540 e. The van der Waals surface area contributed by atoms with Crippen molar-refractivity contribution < 1.29 is 0 Å². The lowest BCUT2D eigenvalue weighted by Crippen LogP contribution is -2.17. The third-order valence-corrected chi connectivity index (χ3v) is 13.5. The van der Waals surface area contributed by atoms with Crippen molar-refractivity contribution in [3.05, 3.63) is 252 Å². The minimum Gasteiger partial charge on any atom is -0.310 e. The van der Waals surface area contributed by atoms with Crippen molar-refractivity contribution in [1.82, 2.24) is 0 Å². The summed E-state index contributed by atoms with van der Waals surface area (Å²) >= 11 is 0. The first kappa shape index (κ1) is 39.9. The van der Waals surface area contributed by atoms with Crippen LogP contribution in [0, 0.1) is 13.8 Å². The van der Waals surface area contributed by atoms with Gasteiger partial charge in [0.05, 0.1) is 11.4 Å². The molecule has 0 aliphatic heterocycles. The van der Waals surface area contributed by atoms with E-state index in [1.165, 1.54) is 88.6 Å². The Balaban J connectivity index is 0.850. The van der Waals surface area contributed by atoms with Crippen molar-refractivity contribution in [2.24, 2.45) is 0 Å². The summed E-state index contributed by atoms with van der Waals surface area (Å²) in [4.78, 5) is 4.78. The lowest BCUT2D eigenvalue weighted by Gasteiger charge is -2.29. The predicted molar refractivity (Wildman–Crippen MR) is 279 cm³/mol. The Morgan fingerprint density at radius 3 is 1.29 bits per heavy atom. The molecule has 65 heavy (non-hydrogen) atoms. The fraction of sp³-hybridized carbons (Fsp3) is 0.0794. The first-order valence-electron chi connectivity index (χ1n) is 22.7. The lowest BCUT2D eigenvalue weighted by atomic mass is 9.81. The van der Waals surface area contributed by atoms with Crippen LogP contribution in [-0.2, 0) is 5.41 Å². The van der Waals surface area contributed by atoms with E-state index in [9.17, 15) is 0 Å². The molecule has 2 nitrogen and oxygen atoms in total. The highest BCUT2D eigenvalue weighted by Crippen LogP contribution is 2.51. The summed E-state index contributed by atoms with van der Waals surface area (Å²) in [5.41, 5.74) is 19.4. The summed E-state index contributed by atoms with van der Waals surface area (Å²) in [6.45, 7) is 9.13. The van der Waals surface area contributed by atoms with Gasteiger partial charge in [0.25, 0.3) is 0 Å². The van der Waals surface area contributed by atoms with Gasteiger partial charge in [-0.1, -0.05) is 184 Å². The highest BCUT2D eigenvalue weighted by Gasteiger charge is 2.36. The largest absolute Gasteiger partial charge is 0.310 e. The van der Waals surface area contributed by atoms with Crippen molar-refractivity contribution in [1.29, 1.82) is 0 Å². The number of fused-ring (bicyclic) bond motifs is 5. The van der Waals surface area contributed by atoms with Crippen LogP contribution >= 0.6 is 0 Å². The maximum atomic E-state index is 2.42. The van der Waals surface area contributed by atoms with Gasteiger partial charge < -0.3 is 9.80 Å². The molecule has 0 atom stereocenters. The van der Waals surface area contributed by atoms with E-state index in [0.717, 1.165) is 22.7 Å². The van der Waals surface area contributed by atoms with Crippen molar-refractivity contribution >= 4 is 67.8 Å². The van der Waals surface area contributed by atoms with E-state index in [2.05, 4.69) is 268 Å². The molecule has 0 heterocycles. The van der Waals surface area contributed by atoms with Crippen LogP contribution in [0.3, 0.4) is 0 Å². The number of benzene rings is 10. The Labute approximate surface area is 383 Å². The molecule has 0 bridgehead atoms. The fourth-order valence-corrected chi connectivity index (χ4v) is 10.0. The molecule has 0 saturated carbocycles. The molecule has 312 valence electrons. The lowest BCUT2D eigenvalue weighted by molar-refractivity contribution is 0.660. The Bertz CT molecular complexity index is 3400. The van der Waals surface area contributed by atoms with Gasteiger partial charge in [-0.05, 0) is 141 Å². The maximum absolute atomic E-state index is 2.42. The zero-order chi connectivity index (χ0) is 44.1. The molecular formula is C63H50N2. The second-order valence-corrected chi connectivity index (χ2v) is 17.9. The molecule has 1 aliphatic carbocycles. The van der Waals surface area contributed by atoms with Crippen LogP contribution in [0.1, 0.15) is 47.2 Å². The van der Waals surface area contributed by atoms with E-state index in [0.29, 0.717) is 0 Å². The van der Waals surface area contributed by atoms with Crippen LogP contribution in [-0.4, -0.2) is 0 Å². The Kier molecular flexibility index (Phi) is 10.0. The number of nitrogens with zero attached hydrogens (tertiary/aromatic N) is 2. The van der Waals surface area contributed by atoms with Crippen LogP contribution in [0.2, 0.25) is 0 Å². The zero-order valence-corrected chi connectivity index (χ0v) is 37.3. The van der Waals surface area contributed by atoms with Gasteiger partial charge in [-0.25, -0.2) is 0 Å². The third kappa shape index (κ3) is 7.18. The van der Waals surface area contributed by atoms with Gasteiger partial charge in [-0.2, -0.15) is 0 Å². The van der Waals surface area contributed by atoms with Crippen molar-refractivity contribution in [2.75, 3.05) is 9.80 Å². The van der Waals surface area contributed by atoms with E-state index in [1.807, 2.05) is 0 Å². The number of rotatable bonds is 9. The topological polar surface area (TPSA) is 6.48 Å². The average molecular weight is 835 g/mol. The van der Waals surface area contributed by atoms with Crippen molar-refractivity contribution in [3.8, 4) is 22.3 Å². The van der Waals surface area contributed by atoms with E-state index in [4.69, 9.17) is 0 Å². The Morgan fingerprint density at radius 2 is 0.738 bits per heavy atom. The van der Waals surface area contributed by atoms with Gasteiger partial charge in [0.15, 0.2) is 0 Å². The van der Waals surface area contributed by atoms with E-state index < -0.39 is 0 Å². The molecule has 0 aromatic heterocycles. The summed E-state index contributed by atoms with van der Waals surface area (Å²) < 4.78 is 0. The second kappa shape index (κ2) is 16.3. The predicted octanol–water partition coefficient (Wildman–Crippen LogP) is 17.7. The number of aryl methyl sites for hydroxylation is 2. The molecule has 11 rings (SSSR count). The van der Waals surface area contributed by atoms with Crippen LogP contribution in [0.5, 0.6) is 0 Å².